The quantitative estimate of drug-likeness (QED) is 0.916. The molecule has 0 spiro atoms. The van der Waals surface area contributed by atoms with Crippen molar-refractivity contribution in [2.24, 2.45) is 0 Å². The van der Waals surface area contributed by atoms with Crippen molar-refractivity contribution in [1.29, 1.82) is 0 Å². The number of aromatic amines is 1. The second kappa shape index (κ2) is 5.36. The van der Waals surface area contributed by atoms with E-state index in [0.29, 0.717) is 16.7 Å². The van der Waals surface area contributed by atoms with Gasteiger partial charge in [-0.25, -0.2) is 4.79 Å². The molecule has 20 heavy (non-hydrogen) atoms. The molecule has 0 bridgehead atoms. The van der Waals surface area contributed by atoms with Crippen LogP contribution in [0.15, 0.2) is 27.8 Å². The van der Waals surface area contributed by atoms with E-state index >= 15 is 0 Å². The van der Waals surface area contributed by atoms with Gasteiger partial charge in [0, 0.05) is 6.04 Å². The van der Waals surface area contributed by atoms with Crippen LogP contribution < -0.4 is 16.0 Å². The lowest BCUT2D eigenvalue weighted by molar-refractivity contribution is 0.415. The number of H-pyrrole nitrogens is 1. The Hall–Kier alpha value is -1.69. The van der Waals surface area contributed by atoms with Crippen LogP contribution in [0, 0.1) is 0 Å². The van der Waals surface area contributed by atoms with Gasteiger partial charge in [-0.1, -0.05) is 6.07 Å². The molecule has 2 aromatic rings. The van der Waals surface area contributed by atoms with Gasteiger partial charge in [0.25, 0.3) is 5.56 Å². The number of aromatic nitrogens is 2. The minimum atomic E-state index is -0.326. The van der Waals surface area contributed by atoms with Gasteiger partial charge in [0.2, 0.25) is 0 Å². The third-order valence-electron chi connectivity index (χ3n) is 3.70. The molecular weight excluding hydrogens is 276 g/mol. The summed E-state index contributed by atoms with van der Waals surface area (Å²) in [5.41, 5.74) is -0.0495. The third-order valence-corrected chi connectivity index (χ3v) is 4.74. The fourth-order valence-corrected chi connectivity index (χ4v) is 3.77. The minimum Gasteiger partial charge on any atom is -0.496 e. The molecule has 1 fully saturated rings. The average molecular weight is 292 g/mol. The van der Waals surface area contributed by atoms with Crippen LogP contribution in [-0.4, -0.2) is 28.2 Å². The number of ether oxygens (including phenoxy) is 1. The topological polar surface area (TPSA) is 64.1 Å². The number of hydrogen-bond donors (Lipinski definition) is 1. The monoisotopic (exact) mass is 292 g/mol. The fraction of sp³-hybridized carbons (Fsp3) is 0.429. The first-order chi connectivity index (χ1) is 9.72. The second-order valence-corrected chi connectivity index (χ2v) is 6.06. The zero-order chi connectivity index (χ0) is 14.1. The SMILES string of the molecule is COc1cccc2[nH]c(=O)n(C3CCSCC3)c(=O)c12. The van der Waals surface area contributed by atoms with Crippen molar-refractivity contribution in [2.45, 2.75) is 18.9 Å². The maximum atomic E-state index is 12.7. The lowest BCUT2D eigenvalue weighted by atomic mass is 10.1. The Morgan fingerprint density at radius 2 is 2.05 bits per heavy atom. The lowest BCUT2D eigenvalue weighted by Crippen LogP contribution is -2.39. The van der Waals surface area contributed by atoms with Gasteiger partial charge in [0.1, 0.15) is 11.1 Å². The van der Waals surface area contributed by atoms with Crippen LogP contribution in [0.3, 0.4) is 0 Å². The number of nitrogens with zero attached hydrogens (tertiary/aromatic N) is 1. The number of benzene rings is 1. The molecule has 0 saturated carbocycles. The zero-order valence-electron chi connectivity index (χ0n) is 11.2. The minimum absolute atomic E-state index is 0.0122. The molecule has 1 saturated heterocycles. The highest BCUT2D eigenvalue weighted by Crippen LogP contribution is 2.26. The number of nitrogens with one attached hydrogen (secondary N) is 1. The third kappa shape index (κ3) is 2.14. The number of thioether (sulfide) groups is 1. The molecule has 1 aliphatic heterocycles. The van der Waals surface area contributed by atoms with Gasteiger partial charge < -0.3 is 9.72 Å². The molecule has 1 aromatic heterocycles. The highest BCUT2D eigenvalue weighted by Gasteiger charge is 2.21. The summed E-state index contributed by atoms with van der Waals surface area (Å²) in [4.78, 5) is 27.7. The average Bonchev–Trinajstić information content (AvgIpc) is 2.47. The summed E-state index contributed by atoms with van der Waals surface area (Å²) < 4.78 is 6.62. The van der Waals surface area contributed by atoms with Gasteiger partial charge in [-0.05, 0) is 36.5 Å². The Morgan fingerprint density at radius 3 is 2.75 bits per heavy atom. The number of methoxy groups -OCH3 is 1. The first kappa shape index (κ1) is 13.3. The summed E-state index contributed by atoms with van der Waals surface area (Å²) in [7, 11) is 1.53. The van der Waals surface area contributed by atoms with Crippen molar-refractivity contribution in [3.05, 3.63) is 39.0 Å². The van der Waals surface area contributed by atoms with E-state index in [0.717, 1.165) is 24.3 Å². The van der Waals surface area contributed by atoms with Gasteiger partial charge in [0.15, 0.2) is 0 Å². The van der Waals surface area contributed by atoms with Crippen molar-refractivity contribution in [2.75, 3.05) is 18.6 Å². The van der Waals surface area contributed by atoms with Crippen molar-refractivity contribution >= 4 is 22.7 Å². The summed E-state index contributed by atoms with van der Waals surface area (Å²) in [6.07, 6.45) is 1.71. The van der Waals surface area contributed by atoms with Crippen LogP contribution in [0.25, 0.3) is 10.9 Å². The van der Waals surface area contributed by atoms with E-state index in [4.69, 9.17) is 4.74 Å². The smallest absolute Gasteiger partial charge is 0.329 e. The van der Waals surface area contributed by atoms with Crippen molar-refractivity contribution in [1.82, 2.24) is 9.55 Å². The van der Waals surface area contributed by atoms with Crippen molar-refractivity contribution < 1.29 is 4.74 Å². The van der Waals surface area contributed by atoms with Crippen LogP contribution in [-0.2, 0) is 0 Å². The molecule has 0 aliphatic carbocycles. The number of hydrogen-bond acceptors (Lipinski definition) is 4. The molecular formula is C14H16N2O3S. The van der Waals surface area contributed by atoms with Crippen LogP contribution in [0.2, 0.25) is 0 Å². The van der Waals surface area contributed by atoms with Crippen LogP contribution in [0.1, 0.15) is 18.9 Å². The number of fused-ring (bicyclic) bond motifs is 1. The zero-order valence-corrected chi connectivity index (χ0v) is 12.0. The highest BCUT2D eigenvalue weighted by molar-refractivity contribution is 7.99. The maximum absolute atomic E-state index is 12.7. The maximum Gasteiger partial charge on any atom is 0.329 e. The van der Waals surface area contributed by atoms with E-state index in [9.17, 15) is 9.59 Å². The molecule has 6 heteroatoms. The van der Waals surface area contributed by atoms with Crippen molar-refractivity contribution in [3.63, 3.8) is 0 Å². The summed E-state index contributed by atoms with van der Waals surface area (Å²) >= 11 is 1.86. The van der Waals surface area contributed by atoms with Gasteiger partial charge in [-0.2, -0.15) is 11.8 Å². The van der Waals surface area contributed by atoms with E-state index in [1.165, 1.54) is 11.7 Å². The molecule has 0 atom stereocenters. The summed E-state index contributed by atoms with van der Waals surface area (Å²) in [6.45, 7) is 0. The van der Waals surface area contributed by atoms with Crippen molar-refractivity contribution in [3.8, 4) is 5.75 Å². The Bertz CT molecular complexity index is 744. The molecule has 1 N–H and O–H groups in total. The van der Waals surface area contributed by atoms with Gasteiger partial charge >= 0.3 is 5.69 Å². The van der Waals surface area contributed by atoms with E-state index in [1.807, 2.05) is 11.8 Å². The summed E-state index contributed by atoms with van der Waals surface area (Å²) in [5.74, 6) is 2.48. The van der Waals surface area contributed by atoms with E-state index < -0.39 is 0 Å². The van der Waals surface area contributed by atoms with Gasteiger partial charge in [-0.15, -0.1) is 0 Å². The molecule has 2 heterocycles. The highest BCUT2D eigenvalue weighted by atomic mass is 32.2. The largest absolute Gasteiger partial charge is 0.496 e. The fourth-order valence-electron chi connectivity index (χ4n) is 2.69. The van der Waals surface area contributed by atoms with E-state index in [1.54, 1.807) is 18.2 Å². The van der Waals surface area contributed by atoms with E-state index in [-0.39, 0.29) is 17.3 Å². The van der Waals surface area contributed by atoms with E-state index in [2.05, 4.69) is 4.98 Å². The molecule has 0 amide bonds. The Balaban J connectivity index is 2.27. The Kier molecular flexibility index (Phi) is 3.56. The first-order valence-corrected chi connectivity index (χ1v) is 7.77. The Labute approximate surface area is 120 Å². The normalized spacial score (nSPS) is 16.4. The van der Waals surface area contributed by atoms with Gasteiger partial charge in [0.05, 0.1) is 12.6 Å². The Morgan fingerprint density at radius 1 is 1.30 bits per heavy atom. The van der Waals surface area contributed by atoms with Crippen LogP contribution in [0.5, 0.6) is 5.75 Å². The predicted octanol–water partition coefficient (Wildman–Crippen LogP) is 1.77. The molecule has 1 aliphatic rings. The van der Waals surface area contributed by atoms with Crippen LogP contribution in [0.4, 0.5) is 0 Å². The van der Waals surface area contributed by atoms with Gasteiger partial charge in [-0.3, -0.25) is 9.36 Å². The standard InChI is InChI=1S/C14H16N2O3S/c1-19-11-4-2-3-10-12(11)13(17)16(14(18)15-10)9-5-7-20-8-6-9/h2-4,9H,5-8H2,1H3,(H,15,18). The summed E-state index contributed by atoms with van der Waals surface area (Å²) in [5, 5.41) is 0.452. The molecule has 106 valence electrons. The summed E-state index contributed by atoms with van der Waals surface area (Å²) in [6, 6.07) is 5.21. The molecule has 1 aromatic carbocycles. The van der Waals surface area contributed by atoms with Crippen LogP contribution >= 0.6 is 11.8 Å². The lowest BCUT2D eigenvalue weighted by Gasteiger charge is -2.23. The predicted molar refractivity (Wildman–Crippen MR) is 81.0 cm³/mol. The molecule has 0 radical (unpaired) electrons. The number of rotatable bonds is 2. The first-order valence-electron chi connectivity index (χ1n) is 6.61. The molecule has 0 unspecified atom stereocenters. The second-order valence-electron chi connectivity index (χ2n) is 4.83. The molecule has 5 nitrogen and oxygen atoms in total. The molecule has 3 rings (SSSR count).